The lowest BCUT2D eigenvalue weighted by atomic mass is 9.77. The maximum atomic E-state index is 12.3. The van der Waals surface area contributed by atoms with Gasteiger partial charge in [-0.05, 0) is 90.8 Å². The number of anilines is 1. The highest BCUT2D eigenvalue weighted by molar-refractivity contribution is 7.22. The van der Waals surface area contributed by atoms with E-state index >= 15 is 0 Å². The van der Waals surface area contributed by atoms with E-state index in [0.29, 0.717) is 17.6 Å². The molecule has 4 aromatic rings. The van der Waals surface area contributed by atoms with Crippen LogP contribution in [0.4, 0.5) is 5.13 Å². The van der Waals surface area contributed by atoms with Gasteiger partial charge >= 0.3 is 5.97 Å². The van der Waals surface area contributed by atoms with Gasteiger partial charge in [0.1, 0.15) is 5.75 Å². The van der Waals surface area contributed by atoms with E-state index in [2.05, 4.69) is 61.0 Å². The van der Waals surface area contributed by atoms with Crippen LogP contribution < -0.4 is 9.75 Å². The second kappa shape index (κ2) is 13.9. The van der Waals surface area contributed by atoms with Crippen LogP contribution in [0, 0.1) is 11.8 Å². The summed E-state index contributed by atoms with van der Waals surface area (Å²) in [7, 11) is 0. The first-order chi connectivity index (χ1) is 21.1. The lowest BCUT2D eigenvalue weighted by Gasteiger charge is -2.29. The van der Waals surface area contributed by atoms with Gasteiger partial charge in [0, 0.05) is 18.2 Å². The molecule has 224 valence electrons. The Kier molecular flexibility index (Phi) is 9.52. The number of benzene rings is 3. The molecule has 6 heteroatoms. The molecular formula is C37H43N3O2S. The van der Waals surface area contributed by atoms with Crippen LogP contribution in [0.3, 0.4) is 0 Å². The van der Waals surface area contributed by atoms with E-state index in [9.17, 15) is 4.79 Å². The van der Waals surface area contributed by atoms with E-state index in [1.807, 2.05) is 18.3 Å². The predicted molar refractivity (Wildman–Crippen MR) is 181 cm³/mol. The fraction of sp³-hybridized carbons (Fsp3) is 0.432. The number of para-hydroxylation sites is 1. The number of thiazole rings is 1. The van der Waals surface area contributed by atoms with Gasteiger partial charge in [0.15, 0.2) is 0 Å². The van der Waals surface area contributed by atoms with Gasteiger partial charge in [-0.3, -0.25) is 0 Å². The number of carbonyl (C=O) groups excluding carboxylic acids is 1. The number of hydrogen-bond acceptors (Lipinski definition) is 6. The lowest BCUT2D eigenvalue weighted by Crippen LogP contribution is -2.26. The van der Waals surface area contributed by atoms with E-state index in [4.69, 9.17) is 14.8 Å². The highest BCUT2D eigenvalue weighted by Gasteiger charge is 2.23. The van der Waals surface area contributed by atoms with Crippen molar-refractivity contribution in [1.82, 2.24) is 4.98 Å². The summed E-state index contributed by atoms with van der Waals surface area (Å²) in [6.45, 7) is 6.73. The summed E-state index contributed by atoms with van der Waals surface area (Å²) in [6, 6.07) is 19.0. The van der Waals surface area contributed by atoms with Gasteiger partial charge in [0.25, 0.3) is 0 Å². The number of hydrazone groups is 1. The van der Waals surface area contributed by atoms with Crippen LogP contribution in [-0.2, 0) is 4.79 Å². The maximum Gasteiger partial charge on any atom is 0.335 e. The van der Waals surface area contributed by atoms with Gasteiger partial charge in [-0.15, -0.1) is 0 Å². The predicted octanol–water partition coefficient (Wildman–Crippen LogP) is 10.0. The molecule has 0 atom stereocenters. The number of fused-ring (bicyclic) bond motifs is 2. The zero-order chi connectivity index (χ0) is 29.6. The summed E-state index contributed by atoms with van der Waals surface area (Å²) in [5.41, 5.74) is 3.21. The smallest absolute Gasteiger partial charge is 0.335 e. The highest BCUT2D eigenvalue weighted by atomic mass is 32.1. The summed E-state index contributed by atoms with van der Waals surface area (Å²) >= 11 is 1.67. The van der Waals surface area contributed by atoms with Crippen molar-refractivity contribution in [2.45, 2.75) is 83.5 Å². The Balaban J connectivity index is 1.34. The van der Waals surface area contributed by atoms with Gasteiger partial charge in [-0.2, -0.15) is 5.10 Å². The monoisotopic (exact) mass is 593 g/mol. The lowest BCUT2D eigenvalue weighted by molar-refractivity contribution is -0.128. The van der Waals surface area contributed by atoms with Crippen LogP contribution in [0.1, 0.15) is 94.6 Å². The summed E-state index contributed by atoms with van der Waals surface area (Å²) < 4.78 is 6.90. The average molecular weight is 594 g/mol. The number of nitrogens with zero attached hydrogens (tertiary/aromatic N) is 3. The molecule has 0 unspecified atom stereocenters. The standard InChI is InChI=1S/C37H43N3O2S/c1-3-10-26-15-17-28(18-16-26)29-19-21-31-30(23-29)20-22-34(42-36(41)4-2)32(31)24-38-40(25-27-11-6-5-7-12-27)37-39-33-13-8-9-14-35(33)43-37/h4,8-9,13-14,19-24,26-28H,2-3,5-7,10-12,15-18,25H2,1H3/b38-24+. The molecule has 2 aliphatic carbocycles. The van der Waals surface area contributed by atoms with Gasteiger partial charge in [0.05, 0.1) is 16.4 Å². The molecule has 2 fully saturated rings. The van der Waals surface area contributed by atoms with Crippen molar-refractivity contribution in [3.8, 4) is 5.75 Å². The average Bonchev–Trinajstić information content (AvgIpc) is 3.48. The molecule has 2 saturated carbocycles. The second-order valence-electron chi connectivity index (χ2n) is 12.4. The molecule has 0 aliphatic heterocycles. The third-order valence-corrected chi connectivity index (χ3v) is 10.5. The number of aromatic nitrogens is 1. The number of ether oxygens (including phenoxy) is 1. The van der Waals surface area contributed by atoms with Gasteiger partial charge < -0.3 is 4.74 Å². The van der Waals surface area contributed by atoms with Crippen LogP contribution in [-0.4, -0.2) is 23.7 Å². The molecule has 0 spiro atoms. The van der Waals surface area contributed by atoms with Crippen LogP contribution in [0.15, 0.2) is 72.4 Å². The van der Waals surface area contributed by atoms with Gasteiger partial charge in [-0.1, -0.05) is 93.3 Å². The summed E-state index contributed by atoms with van der Waals surface area (Å²) in [5.74, 6) is 2.10. The first kappa shape index (κ1) is 29.6. The third kappa shape index (κ3) is 7.01. The molecule has 0 amide bonds. The Hall–Kier alpha value is -3.51. The zero-order valence-corrected chi connectivity index (χ0v) is 26.2. The molecule has 0 bridgehead atoms. The van der Waals surface area contributed by atoms with E-state index in [-0.39, 0.29) is 0 Å². The Morgan fingerprint density at radius 3 is 2.60 bits per heavy atom. The molecule has 0 N–H and O–H groups in total. The molecule has 1 heterocycles. The second-order valence-corrected chi connectivity index (χ2v) is 13.4. The number of carbonyl (C=O) groups is 1. The van der Waals surface area contributed by atoms with Crippen LogP contribution in [0.2, 0.25) is 0 Å². The number of esters is 1. The van der Waals surface area contributed by atoms with E-state index in [0.717, 1.165) is 44.1 Å². The van der Waals surface area contributed by atoms with Gasteiger partial charge in [-0.25, -0.2) is 14.8 Å². The number of rotatable bonds is 10. The largest absolute Gasteiger partial charge is 0.423 e. The van der Waals surface area contributed by atoms with Crippen molar-refractivity contribution in [3.05, 3.63) is 78.4 Å². The molecule has 3 aromatic carbocycles. The summed E-state index contributed by atoms with van der Waals surface area (Å²) in [5, 5.41) is 10.2. The van der Waals surface area contributed by atoms with Crippen LogP contribution >= 0.6 is 11.3 Å². The molecule has 5 nitrogen and oxygen atoms in total. The van der Waals surface area contributed by atoms with Crippen molar-refractivity contribution >= 4 is 49.6 Å². The molecule has 6 rings (SSSR count). The fourth-order valence-corrected chi connectivity index (χ4v) is 7.99. The molecule has 0 radical (unpaired) electrons. The highest BCUT2D eigenvalue weighted by Crippen LogP contribution is 2.39. The Morgan fingerprint density at radius 1 is 1.02 bits per heavy atom. The van der Waals surface area contributed by atoms with E-state index in [1.165, 1.54) is 82.3 Å². The van der Waals surface area contributed by atoms with Crippen LogP contribution in [0.25, 0.3) is 21.0 Å². The molecule has 1 aromatic heterocycles. The van der Waals surface area contributed by atoms with Crippen molar-refractivity contribution in [2.24, 2.45) is 16.9 Å². The maximum absolute atomic E-state index is 12.3. The first-order valence-electron chi connectivity index (χ1n) is 16.2. The van der Waals surface area contributed by atoms with Crippen molar-refractivity contribution in [1.29, 1.82) is 0 Å². The minimum Gasteiger partial charge on any atom is -0.423 e. The van der Waals surface area contributed by atoms with Crippen molar-refractivity contribution < 1.29 is 9.53 Å². The minimum atomic E-state index is -0.473. The molecular weight excluding hydrogens is 550 g/mol. The SMILES string of the molecule is C=CC(=O)Oc1ccc2cc(C3CCC(CCC)CC3)ccc2c1/C=N/N(CC1CCCCC1)c1nc2ccccc2s1. The summed E-state index contributed by atoms with van der Waals surface area (Å²) in [6.07, 6.45) is 17.2. The van der Waals surface area contributed by atoms with Crippen LogP contribution in [0.5, 0.6) is 5.75 Å². The Labute approximate surface area is 259 Å². The third-order valence-electron chi connectivity index (χ3n) is 9.42. The first-order valence-corrected chi connectivity index (χ1v) is 17.0. The fourth-order valence-electron chi connectivity index (χ4n) is 7.06. The summed E-state index contributed by atoms with van der Waals surface area (Å²) in [4.78, 5) is 17.3. The Morgan fingerprint density at radius 2 is 1.84 bits per heavy atom. The van der Waals surface area contributed by atoms with Crippen molar-refractivity contribution in [2.75, 3.05) is 11.6 Å². The van der Waals surface area contributed by atoms with Gasteiger partial charge in [0.2, 0.25) is 5.13 Å². The molecule has 43 heavy (non-hydrogen) atoms. The minimum absolute atomic E-state index is 0.473. The molecule has 2 aliphatic rings. The zero-order valence-electron chi connectivity index (χ0n) is 25.3. The van der Waals surface area contributed by atoms with E-state index < -0.39 is 5.97 Å². The normalized spacial score (nSPS) is 19.7. The quantitative estimate of drug-likeness (QED) is 0.0604. The van der Waals surface area contributed by atoms with E-state index in [1.54, 1.807) is 11.3 Å². The topological polar surface area (TPSA) is 54.8 Å². The van der Waals surface area contributed by atoms with Crippen molar-refractivity contribution in [3.63, 3.8) is 0 Å². The number of hydrogen-bond donors (Lipinski definition) is 0. The molecule has 0 saturated heterocycles. The Bertz CT molecular complexity index is 1560.